The molecule has 0 amide bonds. The van der Waals surface area contributed by atoms with Crippen molar-refractivity contribution in [3.05, 3.63) is 88.8 Å². The van der Waals surface area contributed by atoms with Gasteiger partial charge in [0.15, 0.2) is 0 Å². The average molecular weight is 343 g/mol. The molecule has 0 N–H and O–H groups in total. The van der Waals surface area contributed by atoms with Crippen LogP contribution in [-0.2, 0) is 13.1 Å². The van der Waals surface area contributed by atoms with Crippen LogP contribution in [0.25, 0.3) is 21.5 Å². The molecular formula is C22H21N3O. The van der Waals surface area contributed by atoms with Crippen molar-refractivity contribution in [1.29, 1.82) is 0 Å². The monoisotopic (exact) mass is 343 g/mol. The summed E-state index contributed by atoms with van der Waals surface area (Å²) in [6.45, 7) is 1.34. The highest BCUT2D eigenvalue weighted by Gasteiger charge is 2.07. The number of aromatic nitrogens is 2. The number of hydrogen-bond donors (Lipinski definition) is 0. The maximum Gasteiger partial charge on any atom is 0.275 e. The van der Waals surface area contributed by atoms with Gasteiger partial charge in [-0.1, -0.05) is 60.7 Å². The highest BCUT2D eigenvalue weighted by atomic mass is 16.1. The summed E-state index contributed by atoms with van der Waals surface area (Å²) < 4.78 is 1.53. The van der Waals surface area contributed by atoms with Gasteiger partial charge in [-0.3, -0.25) is 9.69 Å². The van der Waals surface area contributed by atoms with Crippen molar-refractivity contribution in [2.24, 2.45) is 0 Å². The third kappa shape index (κ3) is 3.24. The van der Waals surface area contributed by atoms with Crippen LogP contribution in [0.4, 0.5) is 0 Å². The first kappa shape index (κ1) is 16.5. The topological polar surface area (TPSA) is 38.1 Å². The van der Waals surface area contributed by atoms with Crippen molar-refractivity contribution in [1.82, 2.24) is 14.7 Å². The van der Waals surface area contributed by atoms with Crippen LogP contribution in [0.2, 0.25) is 0 Å². The minimum atomic E-state index is -0.0416. The van der Waals surface area contributed by atoms with E-state index in [2.05, 4.69) is 52.5 Å². The first-order valence-corrected chi connectivity index (χ1v) is 8.82. The van der Waals surface area contributed by atoms with Gasteiger partial charge in [0.25, 0.3) is 5.56 Å². The lowest BCUT2D eigenvalue weighted by molar-refractivity contribution is 0.252. The lowest BCUT2D eigenvalue weighted by atomic mass is 10.0. The standard InChI is InChI=1S/C22H21N3O/c1-24(14-13-18-10-6-9-17-7-2-4-11-20(17)18)16-25-22(26)21-12-5-3-8-19(21)15-23-25/h2-12,15H,13-14,16H2,1H3. The quantitative estimate of drug-likeness (QED) is 0.555. The summed E-state index contributed by atoms with van der Waals surface area (Å²) in [6.07, 6.45) is 2.69. The summed E-state index contributed by atoms with van der Waals surface area (Å²) in [4.78, 5) is 14.7. The van der Waals surface area contributed by atoms with Gasteiger partial charge >= 0.3 is 0 Å². The fourth-order valence-corrected chi connectivity index (χ4v) is 3.35. The van der Waals surface area contributed by atoms with Crippen molar-refractivity contribution in [2.75, 3.05) is 13.6 Å². The molecular weight excluding hydrogens is 322 g/mol. The van der Waals surface area contributed by atoms with E-state index >= 15 is 0 Å². The van der Waals surface area contributed by atoms with E-state index in [4.69, 9.17) is 0 Å². The molecule has 0 aliphatic rings. The molecule has 0 fully saturated rings. The zero-order valence-corrected chi connectivity index (χ0v) is 14.8. The van der Waals surface area contributed by atoms with Gasteiger partial charge in [0, 0.05) is 11.9 Å². The molecule has 0 saturated carbocycles. The minimum Gasteiger partial charge on any atom is -0.287 e. The van der Waals surface area contributed by atoms with Gasteiger partial charge in [-0.05, 0) is 35.9 Å². The molecule has 4 heteroatoms. The fraction of sp³-hybridized carbons (Fsp3) is 0.182. The predicted molar refractivity (Wildman–Crippen MR) is 106 cm³/mol. The van der Waals surface area contributed by atoms with Crippen LogP contribution in [-0.4, -0.2) is 28.3 Å². The van der Waals surface area contributed by atoms with Crippen molar-refractivity contribution < 1.29 is 0 Å². The number of nitrogens with zero attached hydrogens (tertiary/aromatic N) is 3. The molecule has 0 saturated heterocycles. The lowest BCUT2D eigenvalue weighted by Crippen LogP contribution is -2.32. The Balaban J connectivity index is 1.50. The van der Waals surface area contributed by atoms with Crippen LogP contribution >= 0.6 is 0 Å². The SMILES string of the molecule is CN(CCc1cccc2ccccc12)Cn1ncc2ccccc2c1=O. The molecule has 1 aromatic heterocycles. The van der Waals surface area contributed by atoms with E-state index in [9.17, 15) is 4.79 Å². The van der Waals surface area contributed by atoms with E-state index in [0.29, 0.717) is 12.1 Å². The average Bonchev–Trinajstić information content (AvgIpc) is 2.69. The predicted octanol–water partition coefficient (Wildman–Crippen LogP) is 3.68. The lowest BCUT2D eigenvalue weighted by Gasteiger charge is -2.18. The molecule has 4 rings (SSSR count). The maximum absolute atomic E-state index is 12.6. The van der Waals surface area contributed by atoms with Crippen molar-refractivity contribution in [2.45, 2.75) is 13.1 Å². The third-order valence-electron chi connectivity index (χ3n) is 4.78. The first-order valence-electron chi connectivity index (χ1n) is 8.82. The molecule has 0 aliphatic heterocycles. The molecule has 4 aromatic rings. The molecule has 3 aromatic carbocycles. The zero-order valence-electron chi connectivity index (χ0n) is 14.8. The summed E-state index contributed by atoms with van der Waals surface area (Å²) in [5.41, 5.74) is 1.29. The Morgan fingerprint density at radius 2 is 1.58 bits per heavy atom. The van der Waals surface area contributed by atoms with Crippen LogP contribution in [0.3, 0.4) is 0 Å². The number of benzene rings is 3. The molecule has 4 nitrogen and oxygen atoms in total. The van der Waals surface area contributed by atoms with Crippen LogP contribution in [0.1, 0.15) is 5.56 Å². The van der Waals surface area contributed by atoms with Gasteiger partial charge < -0.3 is 0 Å². The number of fused-ring (bicyclic) bond motifs is 2. The summed E-state index contributed by atoms with van der Waals surface area (Å²) in [7, 11) is 2.02. The Hall–Kier alpha value is -2.98. The van der Waals surface area contributed by atoms with Gasteiger partial charge in [-0.2, -0.15) is 5.10 Å². The largest absolute Gasteiger partial charge is 0.287 e. The molecule has 0 unspecified atom stereocenters. The van der Waals surface area contributed by atoms with Crippen LogP contribution < -0.4 is 5.56 Å². The molecule has 0 bridgehead atoms. The Bertz CT molecular complexity index is 1110. The molecule has 0 spiro atoms. The van der Waals surface area contributed by atoms with Crippen molar-refractivity contribution in [3.8, 4) is 0 Å². The first-order chi connectivity index (χ1) is 12.7. The minimum absolute atomic E-state index is 0.0416. The zero-order chi connectivity index (χ0) is 17.9. The van der Waals surface area contributed by atoms with Gasteiger partial charge in [-0.15, -0.1) is 0 Å². The molecule has 26 heavy (non-hydrogen) atoms. The highest BCUT2D eigenvalue weighted by Crippen LogP contribution is 2.19. The van der Waals surface area contributed by atoms with Crippen LogP contribution in [0.15, 0.2) is 77.7 Å². The van der Waals surface area contributed by atoms with Gasteiger partial charge in [0.1, 0.15) is 0 Å². The molecule has 130 valence electrons. The Kier molecular flexibility index (Phi) is 4.50. The van der Waals surface area contributed by atoms with E-state index in [1.807, 2.05) is 31.3 Å². The molecule has 0 radical (unpaired) electrons. The van der Waals surface area contributed by atoms with E-state index in [0.717, 1.165) is 18.4 Å². The third-order valence-corrected chi connectivity index (χ3v) is 4.78. The van der Waals surface area contributed by atoms with Crippen molar-refractivity contribution >= 4 is 21.5 Å². The van der Waals surface area contributed by atoms with E-state index < -0.39 is 0 Å². The fourth-order valence-electron chi connectivity index (χ4n) is 3.35. The van der Waals surface area contributed by atoms with E-state index in [1.54, 1.807) is 6.20 Å². The number of likely N-dealkylation sites (N-methyl/N-ethyl adjacent to an activating group) is 1. The number of hydrogen-bond acceptors (Lipinski definition) is 3. The van der Waals surface area contributed by atoms with Crippen LogP contribution in [0, 0.1) is 0 Å². The van der Waals surface area contributed by atoms with Crippen molar-refractivity contribution in [3.63, 3.8) is 0 Å². The Morgan fingerprint density at radius 1 is 0.885 bits per heavy atom. The summed E-state index contributed by atoms with van der Waals surface area (Å²) >= 11 is 0. The second kappa shape index (κ2) is 7.10. The van der Waals surface area contributed by atoms with Gasteiger partial charge in [0.2, 0.25) is 0 Å². The maximum atomic E-state index is 12.6. The van der Waals surface area contributed by atoms with E-state index in [1.165, 1.54) is 21.0 Å². The normalized spacial score (nSPS) is 11.5. The van der Waals surface area contributed by atoms with Crippen LogP contribution in [0.5, 0.6) is 0 Å². The second-order valence-electron chi connectivity index (χ2n) is 6.65. The summed E-state index contributed by atoms with van der Waals surface area (Å²) in [5, 5.41) is 8.47. The Labute approximate surface area is 152 Å². The summed E-state index contributed by atoms with van der Waals surface area (Å²) in [6, 6.07) is 22.4. The van der Waals surface area contributed by atoms with E-state index in [-0.39, 0.29) is 5.56 Å². The Morgan fingerprint density at radius 3 is 2.42 bits per heavy atom. The number of rotatable bonds is 5. The summed E-state index contributed by atoms with van der Waals surface area (Å²) in [5.74, 6) is 0. The highest BCUT2D eigenvalue weighted by molar-refractivity contribution is 5.85. The van der Waals surface area contributed by atoms with Gasteiger partial charge in [-0.25, -0.2) is 4.68 Å². The second-order valence-corrected chi connectivity index (χ2v) is 6.65. The molecule has 0 atom stereocenters. The molecule has 0 aliphatic carbocycles. The van der Waals surface area contributed by atoms with Gasteiger partial charge in [0.05, 0.1) is 18.3 Å². The smallest absolute Gasteiger partial charge is 0.275 e. The molecule has 1 heterocycles.